The van der Waals surface area contributed by atoms with Crippen LogP contribution in [0.5, 0.6) is 0 Å². The molecule has 0 saturated heterocycles. The van der Waals surface area contributed by atoms with Crippen molar-refractivity contribution in [3.05, 3.63) is 35.0 Å². The number of pyridine rings is 1. The van der Waals surface area contributed by atoms with Gasteiger partial charge in [0.2, 0.25) is 0 Å². The van der Waals surface area contributed by atoms with Gasteiger partial charge in [0.1, 0.15) is 18.0 Å². The number of hydrogen-bond donors (Lipinski definition) is 3. The average molecular weight is 309 g/mol. The molecule has 21 heavy (non-hydrogen) atoms. The maximum Gasteiger partial charge on any atom is 0.253 e. The second-order valence-corrected chi connectivity index (χ2v) is 5.41. The van der Waals surface area contributed by atoms with E-state index in [0.29, 0.717) is 28.8 Å². The number of rotatable bonds is 5. The van der Waals surface area contributed by atoms with Crippen LogP contribution in [0.25, 0.3) is 0 Å². The molecule has 2 heterocycles. The summed E-state index contributed by atoms with van der Waals surface area (Å²) in [6.45, 7) is 6.30. The number of nitrogens with one attached hydrogen (secondary N) is 3. The van der Waals surface area contributed by atoms with Crippen molar-refractivity contribution >= 4 is 23.3 Å². The first-order valence-corrected chi connectivity index (χ1v) is 6.89. The standard InChI is InChI=1S/C13H17ClN6O/c1-4-15-10-9(14)5-8(6-16-10)11(21)19-13(2,3)12-17-7-18-20-12/h5-7H,4H2,1-3H3,(H,15,16)(H,19,21)(H,17,18,20). The van der Waals surface area contributed by atoms with Gasteiger partial charge in [-0.25, -0.2) is 9.97 Å². The second-order valence-electron chi connectivity index (χ2n) is 5.00. The van der Waals surface area contributed by atoms with Gasteiger partial charge in [0, 0.05) is 12.7 Å². The number of aromatic nitrogens is 4. The Bertz CT molecular complexity index is 626. The van der Waals surface area contributed by atoms with E-state index < -0.39 is 5.54 Å². The van der Waals surface area contributed by atoms with Crippen molar-refractivity contribution in [3.8, 4) is 0 Å². The summed E-state index contributed by atoms with van der Waals surface area (Å²) in [5.74, 6) is 0.846. The van der Waals surface area contributed by atoms with E-state index in [4.69, 9.17) is 11.6 Å². The molecule has 8 heteroatoms. The molecule has 0 aromatic carbocycles. The van der Waals surface area contributed by atoms with Gasteiger partial charge in [-0.15, -0.1) is 0 Å². The highest BCUT2D eigenvalue weighted by atomic mass is 35.5. The van der Waals surface area contributed by atoms with Crippen LogP contribution in [0.15, 0.2) is 18.6 Å². The van der Waals surface area contributed by atoms with Crippen LogP contribution in [0.1, 0.15) is 37.0 Å². The third kappa shape index (κ3) is 3.49. The zero-order valence-corrected chi connectivity index (χ0v) is 12.8. The van der Waals surface area contributed by atoms with Gasteiger partial charge in [-0.2, -0.15) is 5.10 Å². The molecule has 0 aliphatic heterocycles. The second kappa shape index (κ2) is 6.09. The van der Waals surface area contributed by atoms with Crippen LogP contribution in [-0.2, 0) is 5.54 Å². The summed E-state index contributed by atoms with van der Waals surface area (Å²) in [4.78, 5) is 20.5. The van der Waals surface area contributed by atoms with Crippen LogP contribution in [0.2, 0.25) is 5.02 Å². The Hall–Kier alpha value is -2.15. The lowest BCUT2D eigenvalue weighted by Crippen LogP contribution is -2.42. The predicted molar refractivity (Wildman–Crippen MR) is 80.3 cm³/mol. The largest absolute Gasteiger partial charge is 0.369 e. The Labute approximate surface area is 127 Å². The van der Waals surface area contributed by atoms with Crippen LogP contribution >= 0.6 is 11.6 Å². The Morgan fingerprint density at radius 1 is 1.43 bits per heavy atom. The summed E-state index contributed by atoms with van der Waals surface area (Å²) >= 11 is 6.09. The van der Waals surface area contributed by atoms with Gasteiger partial charge < -0.3 is 10.6 Å². The number of aromatic amines is 1. The van der Waals surface area contributed by atoms with Gasteiger partial charge in [-0.1, -0.05) is 11.6 Å². The molecule has 2 rings (SSSR count). The van der Waals surface area contributed by atoms with Crippen LogP contribution in [0.3, 0.4) is 0 Å². The number of carbonyl (C=O) groups excluding carboxylic acids is 1. The van der Waals surface area contributed by atoms with E-state index in [0.717, 1.165) is 0 Å². The van der Waals surface area contributed by atoms with Gasteiger partial charge in [0.05, 0.1) is 16.1 Å². The highest BCUT2D eigenvalue weighted by Crippen LogP contribution is 2.21. The van der Waals surface area contributed by atoms with Gasteiger partial charge >= 0.3 is 0 Å². The van der Waals surface area contributed by atoms with Crippen molar-refractivity contribution < 1.29 is 4.79 Å². The topological polar surface area (TPSA) is 95.6 Å². The summed E-state index contributed by atoms with van der Waals surface area (Å²) < 4.78 is 0. The van der Waals surface area contributed by atoms with E-state index in [2.05, 4.69) is 30.8 Å². The van der Waals surface area contributed by atoms with Gasteiger partial charge in [0.15, 0.2) is 0 Å². The van der Waals surface area contributed by atoms with E-state index in [1.165, 1.54) is 12.5 Å². The van der Waals surface area contributed by atoms with Crippen molar-refractivity contribution in [1.82, 2.24) is 25.5 Å². The molecule has 0 radical (unpaired) electrons. The highest BCUT2D eigenvalue weighted by molar-refractivity contribution is 6.33. The maximum atomic E-state index is 12.3. The number of nitrogens with zero attached hydrogens (tertiary/aromatic N) is 3. The molecule has 0 unspecified atom stereocenters. The molecular weight excluding hydrogens is 292 g/mol. The molecule has 0 bridgehead atoms. The number of H-pyrrole nitrogens is 1. The maximum absolute atomic E-state index is 12.3. The molecule has 112 valence electrons. The fourth-order valence-corrected chi connectivity index (χ4v) is 2.01. The molecule has 2 aromatic rings. The average Bonchev–Trinajstić information content (AvgIpc) is 2.95. The fraction of sp³-hybridized carbons (Fsp3) is 0.385. The molecular formula is C13H17ClN6O. The molecule has 0 spiro atoms. The minimum atomic E-state index is -0.680. The van der Waals surface area contributed by atoms with Crippen molar-refractivity contribution in [2.75, 3.05) is 11.9 Å². The van der Waals surface area contributed by atoms with Crippen LogP contribution in [0, 0.1) is 0 Å². The molecule has 1 amide bonds. The molecule has 0 atom stereocenters. The summed E-state index contributed by atoms with van der Waals surface area (Å²) in [5, 5.41) is 12.8. The molecule has 0 saturated carbocycles. The monoisotopic (exact) mass is 308 g/mol. The lowest BCUT2D eigenvalue weighted by Gasteiger charge is -2.23. The van der Waals surface area contributed by atoms with Crippen LogP contribution in [0.4, 0.5) is 5.82 Å². The molecule has 0 aliphatic carbocycles. The minimum Gasteiger partial charge on any atom is -0.369 e. The molecule has 0 aliphatic rings. The summed E-state index contributed by atoms with van der Waals surface area (Å²) in [7, 11) is 0. The Kier molecular flexibility index (Phi) is 4.42. The lowest BCUT2D eigenvalue weighted by atomic mass is 10.0. The van der Waals surface area contributed by atoms with E-state index in [9.17, 15) is 4.79 Å². The van der Waals surface area contributed by atoms with E-state index >= 15 is 0 Å². The molecule has 2 aromatic heterocycles. The quantitative estimate of drug-likeness (QED) is 0.784. The SMILES string of the molecule is CCNc1ncc(C(=O)NC(C)(C)c2ncn[nH]2)cc1Cl. The van der Waals surface area contributed by atoms with Crippen molar-refractivity contribution in [3.63, 3.8) is 0 Å². The first-order chi connectivity index (χ1) is 9.94. The normalized spacial score (nSPS) is 11.2. The number of amides is 1. The van der Waals surface area contributed by atoms with E-state index in [1.54, 1.807) is 6.07 Å². The Balaban J connectivity index is 2.15. The molecule has 0 fully saturated rings. The zero-order chi connectivity index (χ0) is 15.5. The minimum absolute atomic E-state index is 0.283. The van der Waals surface area contributed by atoms with Crippen molar-refractivity contribution in [2.45, 2.75) is 26.3 Å². The van der Waals surface area contributed by atoms with Gasteiger partial charge in [0.25, 0.3) is 5.91 Å². The van der Waals surface area contributed by atoms with Crippen molar-refractivity contribution in [1.29, 1.82) is 0 Å². The Morgan fingerprint density at radius 3 is 2.76 bits per heavy atom. The number of carbonyl (C=O) groups is 1. The molecule has 7 nitrogen and oxygen atoms in total. The smallest absolute Gasteiger partial charge is 0.253 e. The van der Waals surface area contributed by atoms with E-state index in [1.807, 2.05) is 20.8 Å². The number of halogens is 1. The number of hydrogen-bond acceptors (Lipinski definition) is 5. The summed E-state index contributed by atoms with van der Waals surface area (Å²) in [6.07, 6.45) is 2.88. The van der Waals surface area contributed by atoms with Gasteiger partial charge in [-0.05, 0) is 26.8 Å². The fourth-order valence-electron chi connectivity index (χ4n) is 1.78. The summed E-state index contributed by atoms with van der Waals surface area (Å²) in [6, 6.07) is 1.58. The summed E-state index contributed by atoms with van der Waals surface area (Å²) in [5.41, 5.74) is -0.297. The van der Waals surface area contributed by atoms with Crippen LogP contribution < -0.4 is 10.6 Å². The van der Waals surface area contributed by atoms with Gasteiger partial charge in [-0.3, -0.25) is 9.89 Å². The predicted octanol–water partition coefficient (Wildman–Crippen LogP) is 1.95. The van der Waals surface area contributed by atoms with E-state index in [-0.39, 0.29) is 5.91 Å². The lowest BCUT2D eigenvalue weighted by molar-refractivity contribution is 0.0908. The molecule has 3 N–H and O–H groups in total. The zero-order valence-electron chi connectivity index (χ0n) is 12.1. The number of anilines is 1. The van der Waals surface area contributed by atoms with Crippen molar-refractivity contribution in [2.24, 2.45) is 0 Å². The Morgan fingerprint density at radius 2 is 2.19 bits per heavy atom. The van der Waals surface area contributed by atoms with Crippen LogP contribution in [-0.4, -0.2) is 32.6 Å². The first kappa shape index (κ1) is 15.2. The first-order valence-electron chi connectivity index (χ1n) is 6.52. The third-order valence-electron chi connectivity index (χ3n) is 2.88. The highest BCUT2D eigenvalue weighted by Gasteiger charge is 2.26. The third-order valence-corrected chi connectivity index (χ3v) is 3.17.